The fourth-order valence-electron chi connectivity index (χ4n) is 1.16. The highest BCUT2D eigenvalue weighted by molar-refractivity contribution is 14.1. The minimum atomic E-state index is 0.661. The van der Waals surface area contributed by atoms with Crippen molar-refractivity contribution in [3.05, 3.63) is 27.8 Å². The number of nitrogens with zero attached hydrogens (tertiary/aromatic N) is 1. The van der Waals surface area contributed by atoms with Gasteiger partial charge in [-0.05, 0) is 53.6 Å². The Morgan fingerprint density at radius 1 is 1.36 bits per heavy atom. The Balaban J connectivity index is 2.22. The molecule has 0 amide bonds. The number of halogens is 1. The largest absolute Gasteiger partial charge is 0.385 e. The summed E-state index contributed by atoms with van der Waals surface area (Å²) >= 11 is 2.30. The molecule has 0 atom stereocenters. The third-order valence-electron chi connectivity index (χ3n) is 1.87. The van der Waals surface area contributed by atoms with Gasteiger partial charge in [0, 0.05) is 22.2 Å². The maximum absolute atomic E-state index is 8.35. The van der Waals surface area contributed by atoms with E-state index in [0.717, 1.165) is 25.1 Å². The average molecular weight is 300 g/mol. The molecule has 0 aromatic heterocycles. The molecule has 0 saturated carbocycles. The van der Waals surface area contributed by atoms with Crippen LogP contribution >= 0.6 is 22.6 Å². The summed E-state index contributed by atoms with van der Waals surface area (Å²) in [5.74, 6) is 0. The van der Waals surface area contributed by atoms with Gasteiger partial charge < -0.3 is 5.32 Å². The van der Waals surface area contributed by atoms with Crippen molar-refractivity contribution in [1.82, 2.24) is 0 Å². The first-order valence-corrected chi connectivity index (χ1v) is 5.77. The van der Waals surface area contributed by atoms with Crippen LogP contribution in [0.15, 0.2) is 24.3 Å². The quantitative estimate of drug-likeness (QED) is 0.668. The Labute approximate surface area is 98.5 Å². The van der Waals surface area contributed by atoms with E-state index in [9.17, 15) is 0 Å². The van der Waals surface area contributed by atoms with Crippen LogP contribution in [0.5, 0.6) is 0 Å². The molecule has 0 heterocycles. The zero-order chi connectivity index (χ0) is 10.2. The summed E-state index contributed by atoms with van der Waals surface area (Å²) in [5.41, 5.74) is 1.16. The van der Waals surface area contributed by atoms with Crippen LogP contribution in [0.25, 0.3) is 0 Å². The molecule has 74 valence electrons. The van der Waals surface area contributed by atoms with E-state index in [-0.39, 0.29) is 0 Å². The zero-order valence-corrected chi connectivity index (χ0v) is 10.1. The number of unbranched alkanes of at least 4 members (excludes halogenated alkanes) is 2. The minimum Gasteiger partial charge on any atom is -0.385 e. The SMILES string of the molecule is N#CCCCCNc1cccc(I)c1. The number of benzene rings is 1. The molecule has 0 fully saturated rings. The number of hydrogen-bond donors (Lipinski definition) is 1. The van der Waals surface area contributed by atoms with Crippen LogP contribution in [0.2, 0.25) is 0 Å². The molecule has 0 unspecified atom stereocenters. The van der Waals surface area contributed by atoms with Gasteiger partial charge in [-0.1, -0.05) is 6.07 Å². The highest BCUT2D eigenvalue weighted by Crippen LogP contribution is 2.12. The van der Waals surface area contributed by atoms with Crippen LogP contribution in [-0.2, 0) is 0 Å². The predicted molar refractivity (Wildman–Crippen MR) is 67.1 cm³/mol. The average Bonchev–Trinajstić information content (AvgIpc) is 2.18. The molecule has 0 aliphatic rings. The summed E-state index contributed by atoms with van der Waals surface area (Å²) in [6.07, 6.45) is 2.69. The molecule has 1 rings (SSSR count). The van der Waals surface area contributed by atoms with Crippen LogP contribution in [0.4, 0.5) is 5.69 Å². The van der Waals surface area contributed by atoms with Crippen LogP contribution < -0.4 is 5.32 Å². The van der Waals surface area contributed by atoms with Crippen molar-refractivity contribution in [2.45, 2.75) is 19.3 Å². The number of rotatable bonds is 5. The maximum Gasteiger partial charge on any atom is 0.0621 e. The summed E-state index contributed by atoms with van der Waals surface area (Å²) in [4.78, 5) is 0. The fraction of sp³-hybridized carbons (Fsp3) is 0.364. The summed E-state index contributed by atoms with van der Waals surface area (Å²) in [6, 6.07) is 10.4. The number of hydrogen-bond acceptors (Lipinski definition) is 2. The molecular weight excluding hydrogens is 287 g/mol. The Kier molecular flexibility index (Phi) is 5.38. The fourth-order valence-corrected chi connectivity index (χ4v) is 1.70. The van der Waals surface area contributed by atoms with E-state index >= 15 is 0 Å². The van der Waals surface area contributed by atoms with Gasteiger partial charge in [-0.25, -0.2) is 0 Å². The molecular formula is C11H13IN2. The Bertz CT molecular complexity index is 317. The van der Waals surface area contributed by atoms with Crippen molar-refractivity contribution in [3.63, 3.8) is 0 Å². The van der Waals surface area contributed by atoms with E-state index in [1.54, 1.807) is 0 Å². The van der Waals surface area contributed by atoms with E-state index in [1.807, 2.05) is 6.07 Å². The van der Waals surface area contributed by atoms with E-state index in [0.29, 0.717) is 6.42 Å². The molecule has 0 aliphatic heterocycles. The Hall–Kier alpha value is -0.760. The monoisotopic (exact) mass is 300 g/mol. The first-order chi connectivity index (χ1) is 6.83. The van der Waals surface area contributed by atoms with Crippen molar-refractivity contribution in [3.8, 4) is 6.07 Å². The van der Waals surface area contributed by atoms with E-state index in [4.69, 9.17) is 5.26 Å². The lowest BCUT2D eigenvalue weighted by Gasteiger charge is -2.05. The lowest BCUT2D eigenvalue weighted by molar-refractivity contribution is 0.784. The van der Waals surface area contributed by atoms with Gasteiger partial charge in [-0.3, -0.25) is 0 Å². The number of nitrogens with one attached hydrogen (secondary N) is 1. The Morgan fingerprint density at radius 2 is 2.21 bits per heavy atom. The highest BCUT2D eigenvalue weighted by Gasteiger charge is 1.92. The molecule has 0 radical (unpaired) electrons. The van der Waals surface area contributed by atoms with Gasteiger partial charge in [0.25, 0.3) is 0 Å². The number of nitriles is 1. The van der Waals surface area contributed by atoms with Crippen molar-refractivity contribution >= 4 is 28.3 Å². The first-order valence-electron chi connectivity index (χ1n) is 4.69. The van der Waals surface area contributed by atoms with E-state index in [2.05, 4.69) is 52.2 Å². The van der Waals surface area contributed by atoms with Crippen LogP contribution in [0, 0.1) is 14.9 Å². The van der Waals surface area contributed by atoms with E-state index < -0.39 is 0 Å². The zero-order valence-electron chi connectivity index (χ0n) is 7.96. The van der Waals surface area contributed by atoms with Gasteiger partial charge in [0.05, 0.1) is 6.07 Å². The third-order valence-corrected chi connectivity index (χ3v) is 2.54. The van der Waals surface area contributed by atoms with Gasteiger partial charge in [0.2, 0.25) is 0 Å². The second kappa shape index (κ2) is 6.66. The van der Waals surface area contributed by atoms with Crippen molar-refractivity contribution < 1.29 is 0 Å². The Morgan fingerprint density at radius 3 is 2.93 bits per heavy atom. The molecule has 1 aromatic rings. The van der Waals surface area contributed by atoms with E-state index in [1.165, 1.54) is 3.57 Å². The van der Waals surface area contributed by atoms with Crippen molar-refractivity contribution in [1.29, 1.82) is 5.26 Å². The third kappa shape index (κ3) is 4.47. The second-order valence-corrected chi connectivity index (χ2v) is 4.30. The lowest BCUT2D eigenvalue weighted by atomic mass is 10.2. The second-order valence-electron chi connectivity index (χ2n) is 3.05. The van der Waals surface area contributed by atoms with Crippen LogP contribution in [-0.4, -0.2) is 6.54 Å². The van der Waals surface area contributed by atoms with Gasteiger partial charge >= 0.3 is 0 Å². The van der Waals surface area contributed by atoms with Gasteiger partial charge in [-0.15, -0.1) is 0 Å². The molecule has 0 spiro atoms. The van der Waals surface area contributed by atoms with Crippen molar-refractivity contribution in [2.24, 2.45) is 0 Å². The van der Waals surface area contributed by atoms with Crippen LogP contribution in [0.1, 0.15) is 19.3 Å². The molecule has 2 nitrogen and oxygen atoms in total. The predicted octanol–water partition coefficient (Wildman–Crippen LogP) is 3.40. The molecule has 0 aliphatic carbocycles. The minimum absolute atomic E-state index is 0.661. The molecule has 3 heteroatoms. The molecule has 0 saturated heterocycles. The summed E-state index contributed by atoms with van der Waals surface area (Å²) in [5, 5.41) is 11.7. The molecule has 14 heavy (non-hydrogen) atoms. The summed E-state index contributed by atoms with van der Waals surface area (Å²) in [6.45, 7) is 0.946. The standard InChI is InChI=1S/C11H13IN2/c12-10-5-4-6-11(9-10)14-8-3-1-2-7-13/h4-6,9,14H,1-3,8H2. The lowest BCUT2D eigenvalue weighted by Crippen LogP contribution is -2.01. The first kappa shape index (κ1) is 11.3. The highest BCUT2D eigenvalue weighted by atomic mass is 127. The van der Waals surface area contributed by atoms with Crippen molar-refractivity contribution in [2.75, 3.05) is 11.9 Å². The summed E-state index contributed by atoms with van der Waals surface area (Å²) in [7, 11) is 0. The van der Waals surface area contributed by atoms with Crippen LogP contribution in [0.3, 0.4) is 0 Å². The normalized spacial score (nSPS) is 9.43. The summed E-state index contributed by atoms with van der Waals surface area (Å²) < 4.78 is 1.24. The molecule has 0 bridgehead atoms. The molecule has 1 N–H and O–H groups in total. The topological polar surface area (TPSA) is 35.8 Å². The smallest absolute Gasteiger partial charge is 0.0621 e. The number of anilines is 1. The van der Waals surface area contributed by atoms with Gasteiger partial charge in [0.15, 0.2) is 0 Å². The maximum atomic E-state index is 8.35. The molecule has 1 aromatic carbocycles. The van der Waals surface area contributed by atoms with Gasteiger partial charge in [-0.2, -0.15) is 5.26 Å². The van der Waals surface area contributed by atoms with Gasteiger partial charge in [0.1, 0.15) is 0 Å².